The van der Waals surface area contributed by atoms with Gasteiger partial charge in [-0.2, -0.15) is 0 Å². The van der Waals surface area contributed by atoms with Crippen molar-refractivity contribution in [2.75, 3.05) is 19.8 Å². The van der Waals surface area contributed by atoms with E-state index in [4.69, 9.17) is 4.74 Å². The van der Waals surface area contributed by atoms with Crippen molar-refractivity contribution >= 4 is 45.5 Å². The lowest BCUT2D eigenvalue weighted by atomic mass is 9.70. The Labute approximate surface area is 253 Å². The molecule has 0 saturated carbocycles. The summed E-state index contributed by atoms with van der Waals surface area (Å²) in [5, 5.41) is 10.4. The van der Waals surface area contributed by atoms with Gasteiger partial charge in [0.15, 0.2) is 0 Å². The van der Waals surface area contributed by atoms with E-state index in [0.717, 1.165) is 6.42 Å². The standard InChI is InChI=1S/C31H49BrN2O5S/c1-10-12-14-39-28(38)22-23-26(36)34(20(17-35)15-19(3)4)25(31(23)16-21(32)24(22)40-31)27(37)33(13-11-2)30(8,9)18-29(5,6)7/h10-11,19-25,35H,1-2,12-18H2,3-9H3/t20-,21?,22-,23+,24-,25?,31?/m1/s1. The van der Waals surface area contributed by atoms with Crippen LogP contribution in [0.5, 0.6) is 0 Å². The normalized spacial score (nSPS) is 30.4. The van der Waals surface area contributed by atoms with Gasteiger partial charge in [-0.3, -0.25) is 14.4 Å². The molecule has 3 rings (SSSR count). The number of alkyl halides is 1. The summed E-state index contributed by atoms with van der Waals surface area (Å²) >= 11 is 5.41. The van der Waals surface area contributed by atoms with E-state index in [0.29, 0.717) is 25.8 Å². The van der Waals surface area contributed by atoms with Gasteiger partial charge < -0.3 is 19.6 Å². The molecule has 40 heavy (non-hydrogen) atoms. The molecule has 9 heteroatoms. The number of carbonyl (C=O) groups is 3. The molecule has 3 unspecified atom stereocenters. The summed E-state index contributed by atoms with van der Waals surface area (Å²) in [6.07, 6.45) is 5.86. The molecular weight excluding hydrogens is 592 g/mol. The number of aliphatic hydroxyl groups excluding tert-OH is 1. The summed E-state index contributed by atoms with van der Waals surface area (Å²) in [6.45, 7) is 22.6. The zero-order valence-electron chi connectivity index (χ0n) is 25.3. The number of carbonyl (C=O) groups excluding carboxylic acids is 3. The van der Waals surface area contributed by atoms with Crippen LogP contribution >= 0.6 is 27.7 Å². The Morgan fingerprint density at radius 2 is 1.90 bits per heavy atom. The molecule has 0 aromatic carbocycles. The second kappa shape index (κ2) is 12.5. The molecule has 0 aromatic rings. The molecule has 3 saturated heterocycles. The quantitative estimate of drug-likeness (QED) is 0.129. The number of likely N-dealkylation sites (tertiary alicyclic amines) is 1. The van der Waals surface area contributed by atoms with E-state index >= 15 is 0 Å². The second-order valence-corrected chi connectivity index (χ2v) is 16.6. The number of esters is 1. The number of hydrogen-bond donors (Lipinski definition) is 1. The zero-order chi connectivity index (χ0) is 30.2. The maximum atomic E-state index is 14.9. The molecule has 3 fully saturated rings. The number of ether oxygens (including phenoxy) is 1. The lowest BCUT2D eigenvalue weighted by molar-refractivity contribution is -0.154. The molecular formula is C31H49BrN2O5S. The minimum Gasteiger partial charge on any atom is -0.465 e. The van der Waals surface area contributed by atoms with Gasteiger partial charge in [-0.05, 0) is 50.9 Å². The SMILES string of the molecule is C=CCCOC(=O)[C@H]1[C@@H]2SC3(CC2Br)C(C(=O)N(CC=C)C(C)(C)CC(C)(C)C)N([C@@H](CO)CC(C)C)C(=O)[C@H]13. The minimum absolute atomic E-state index is 0.0394. The topological polar surface area (TPSA) is 87.2 Å². The molecule has 1 spiro atoms. The van der Waals surface area contributed by atoms with Crippen LogP contribution in [0.4, 0.5) is 0 Å². The molecule has 3 aliphatic rings. The fraction of sp³-hybridized carbons (Fsp3) is 0.774. The Balaban J connectivity index is 2.14. The predicted molar refractivity (Wildman–Crippen MR) is 165 cm³/mol. The fourth-order valence-corrected chi connectivity index (χ4v) is 11.1. The highest BCUT2D eigenvalue weighted by Crippen LogP contribution is 2.68. The molecule has 226 valence electrons. The maximum Gasteiger partial charge on any atom is 0.310 e. The van der Waals surface area contributed by atoms with E-state index in [1.807, 2.05) is 18.7 Å². The number of thioether (sulfide) groups is 1. The highest BCUT2D eigenvalue weighted by atomic mass is 79.9. The smallest absolute Gasteiger partial charge is 0.310 e. The number of fused-ring (bicyclic) bond motifs is 1. The summed E-state index contributed by atoms with van der Waals surface area (Å²) in [4.78, 5) is 46.3. The van der Waals surface area contributed by atoms with Gasteiger partial charge >= 0.3 is 5.97 Å². The summed E-state index contributed by atoms with van der Waals surface area (Å²) in [5.74, 6) is -1.88. The molecule has 7 atom stereocenters. The molecule has 0 radical (unpaired) electrons. The third kappa shape index (κ3) is 6.22. The Morgan fingerprint density at radius 3 is 2.42 bits per heavy atom. The number of amides is 2. The number of nitrogens with zero attached hydrogens (tertiary/aromatic N) is 2. The van der Waals surface area contributed by atoms with Crippen molar-refractivity contribution in [3.05, 3.63) is 25.3 Å². The van der Waals surface area contributed by atoms with E-state index in [2.05, 4.69) is 63.7 Å². The molecule has 3 aliphatic heterocycles. The lowest BCUT2D eigenvalue weighted by Gasteiger charge is -2.47. The Kier molecular flexibility index (Phi) is 10.4. The van der Waals surface area contributed by atoms with Crippen molar-refractivity contribution in [1.29, 1.82) is 0 Å². The Hall–Kier alpha value is -1.32. The van der Waals surface area contributed by atoms with Crippen LogP contribution in [0.1, 0.15) is 74.1 Å². The molecule has 2 bridgehead atoms. The van der Waals surface area contributed by atoms with Crippen molar-refractivity contribution in [3.63, 3.8) is 0 Å². The average molecular weight is 642 g/mol. The van der Waals surface area contributed by atoms with Gasteiger partial charge in [-0.1, -0.05) is 62.7 Å². The number of halogens is 1. The van der Waals surface area contributed by atoms with Gasteiger partial charge in [0.05, 0.1) is 35.8 Å². The summed E-state index contributed by atoms with van der Waals surface area (Å²) in [6, 6.07) is -1.33. The lowest BCUT2D eigenvalue weighted by Crippen LogP contribution is -2.62. The molecule has 0 aliphatic carbocycles. The van der Waals surface area contributed by atoms with Crippen molar-refractivity contribution in [2.45, 2.75) is 107 Å². The van der Waals surface area contributed by atoms with Gasteiger partial charge in [-0.15, -0.1) is 24.9 Å². The van der Waals surface area contributed by atoms with E-state index in [-0.39, 0.29) is 46.4 Å². The van der Waals surface area contributed by atoms with Crippen LogP contribution in [-0.4, -0.2) is 84.9 Å². The molecule has 2 amide bonds. The van der Waals surface area contributed by atoms with Crippen molar-refractivity contribution in [1.82, 2.24) is 9.80 Å². The van der Waals surface area contributed by atoms with Crippen LogP contribution in [0.15, 0.2) is 25.3 Å². The zero-order valence-corrected chi connectivity index (χ0v) is 27.7. The van der Waals surface area contributed by atoms with Crippen molar-refractivity contribution in [3.8, 4) is 0 Å². The van der Waals surface area contributed by atoms with Crippen LogP contribution < -0.4 is 0 Å². The predicted octanol–water partition coefficient (Wildman–Crippen LogP) is 5.21. The van der Waals surface area contributed by atoms with Crippen LogP contribution in [-0.2, 0) is 19.1 Å². The van der Waals surface area contributed by atoms with Crippen LogP contribution in [0, 0.1) is 23.2 Å². The maximum absolute atomic E-state index is 14.9. The first-order valence-corrected chi connectivity index (χ1v) is 16.3. The highest BCUT2D eigenvalue weighted by Gasteiger charge is 2.77. The molecule has 7 nitrogen and oxygen atoms in total. The van der Waals surface area contributed by atoms with Crippen molar-refractivity contribution in [2.24, 2.45) is 23.2 Å². The Morgan fingerprint density at radius 1 is 1.25 bits per heavy atom. The van der Waals surface area contributed by atoms with Crippen LogP contribution in [0.25, 0.3) is 0 Å². The number of hydrogen-bond acceptors (Lipinski definition) is 6. The van der Waals surface area contributed by atoms with Gasteiger partial charge in [-0.25, -0.2) is 0 Å². The minimum atomic E-state index is -0.805. The largest absolute Gasteiger partial charge is 0.465 e. The Bertz CT molecular complexity index is 995. The summed E-state index contributed by atoms with van der Waals surface area (Å²) < 4.78 is 4.83. The van der Waals surface area contributed by atoms with Gasteiger partial charge in [0, 0.05) is 22.2 Å². The third-order valence-electron chi connectivity index (χ3n) is 8.42. The van der Waals surface area contributed by atoms with Gasteiger partial charge in [0.1, 0.15) is 6.04 Å². The van der Waals surface area contributed by atoms with E-state index < -0.39 is 40.2 Å². The first-order chi connectivity index (χ1) is 18.6. The van der Waals surface area contributed by atoms with Crippen LogP contribution in [0.3, 0.4) is 0 Å². The van der Waals surface area contributed by atoms with Crippen LogP contribution in [0.2, 0.25) is 0 Å². The molecule has 0 aromatic heterocycles. The van der Waals surface area contributed by atoms with E-state index in [1.165, 1.54) is 0 Å². The monoisotopic (exact) mass is 640 g/mol. The van der Waals surface area contributed by atoms with Gasteiger partial charge in [0.2, 0.25) is 11.8 Å². The second-order valence-electron chi connectivity index (χ2n) is 13.9. The van der Waals surface area contributed by atoms with Crippen molar-refractivity contribution < 1.29 is 24.2 Å². The first kappa shape index (κ1) is 33.2. The molecule has 3 heterocycles. The highest BCUT2D eigenvalue weighted by molar-refractivity contribution is 9.09. The van der Waals surface area contributed by atoms with E-state index in [1.54, 1.807) is 28.8 Å². The van der Waals surface area contributed by atoms with Gasteiger partial charge in [0.25, 0.3) is 0 Å². The third-order valence-corrected chi connectivity index (χ3v) is 11.6. The average Bonchev–Trinajstić information content (AvgIpc) is 3.42. The summed E-state index contributed by atoms with van der Waals surface area (Å²) in [7, 11) is 0. The number of rotatable bonds is 13. The first-order valence-electron chi connectivity index (χ1n) is 14.5. The van der Waals surface area contributed by atoms with E-state index in [9.17, 15) is 19.5 Å². The number of aliphatic hydroxyl groups is 1. The summed E-state index contributed by atoms with van der Waals surface area (Å²) in [5.41, 5.74) is -0.555. The molecule has 1 N–H and O–H groups in total. The fourth-order valence-electron chi connectivity index (χ4n) is 7.47.